The summed E-state index contributed by atoms with van der Waals surface area (Å²) in [6.45, 7) is 1.34. The van der Waals surface area contributed by atoms with Gasteiger partial charge in [-0.25, -0.2) is 8.78 Å². The van der Waals surface area contributed by atoms with Crippen molar-refractivity contribution in [1.82, 2.24) is 4.98 Å². The van der Waals surface area contributed by atoms with E-state index in [1.807, 2.05) is 0 Å². The number of pyridine rings is 1. The number of aryl methyl sites for hydroxylation is 1. The molecule has 0 aliphatic rings. The van der Waals surface area contributed by atoms with Crippen molar-refractivity contribution in [1.29, 1.82) is 5.26 Å². The Balaban J connectivity index is 3.58. The lowest BCUT2D eigenvalue weighted by Gasteiger charge is -2.05. The second-order valence-electron chi connectivity index (χ2n) is 2.69. The van der Waals surface area contributed by atoms with Crippen LogP contribution in [0.1, 0.15) is 23.2 Å². The lowest BCUT2D eigenvalue weighted by atomic mass is 10.1. The van der Waals surface area contributed by atoms with Crippen LogP contribution in [0.25, 0.3) is 0 Å². The predicted octanol–water partition coefficient (Wildman–Crippen LogP) is 2.11. The molecule has 0 aliphatic heterocycles. The zero-order valence-corrected chi connectivity index (χ0v) is 7.57. The van der Waals surface area contributed by atoms with Crippen molar-refractivity contribution in [2.75, 3.05) is 0 Å². The van der Waals surface area contributed by atoms with Crippen molar-refractivity contribution < 1.29 is 13.7 Å². The minimum Gasteiger partial charge on any atom is -0.258 e. The Hall–Kier alpha value is -2.10. The van der Waals surface area contributed by atoms with Gasteiger partial charge < -0.3 is 0 Å². The summed E-state index contributed by atoms with van der Waals surface area (Å²) in [4.78, 5) is 13.0. The molecule has 1 aromatic heterocycles. The number of nitrogens with zero attached hydrogens (tertiary/aromatic N) is 3. The van der Waals surface area contributed by atoms with E-state index in [1.165, 1.54) is 13.0 Å². The van der Waals surface area contributed by atoms with E-state index in [9.17, 15) is 18.9 Å². The molecule has 1 heterocycles. The summed E-state index contributed by atoms with van der Waals surface area (Å²) < 4.78 is 25.1. The maximum Gasteiger partial charge on any atom is 0.297 e. The summed E-state index contributed by atoms with van der Waals surface area (Å²) in [5, 5.41) is 19.0. The van der Waals surface area contributed by atoms with Gasteiger partial charge in [0.05, 0.1) is 16.2 Å². The van der Waals surface area contributed by atoms with E-state index in [1.54, 1.807) is 0 Å². The van der Waals surface area contributed by atoms with Crippen molar-refractivity contribution >= 4 is 5.69 Å². The summed E-state index contributed by atoms with van der Waals surface area (Å²) in [5.74, 6) is 0. The average molecular weight is 213 g/mol. The fourth-order valence-electron chi connectivity index (χ4n) is 1.12. The van der Waals surface area contributed by atoms with E-state index in [-0.39, 0.29) is 5.69 Å². The number of nitriles is 1. The van der Waals surface area contributed by atoms with Crippen molar-refractivity contribution in [2.45, 2.75) is 13.3 Å². The highest BCUT2D eigenvalue weighted by Crippen LogP contribution is 2.32. The SMILES string of the molecule is Cc1ncc([N+](=O)[O-])c(C(F)F)c1C#N. The molecule has 0 aliphatic carbocycles. The van der Waals surface area contributed by atoms with Crippen LogP contribution in [0.15, 0.2) is 6.20 Å². The highest BCUT2D eigenvalue weighted by molar-refractivity contribution is 5.52. The zero-order valence-electron chi connectivity index (χ0n) is 7.57. The van der Waals surface area contributed by atoms with Crippen LogP contribution in [-0.4, -0.2) is 9.91 Å². The molecule has 78 valence electrons. The van der Waals surface area contributed by atoms with E-state index >= 15 is 0 Å². The standard InChI is InChI=1S/C8H5F2N3O2/c1-4-5(2-11)7(8(9)10)6(3-12-4)13(14)15/h3,8H,1H3. The monoisotopic (exact) mass is 213 g/mol. The Bertz CT molecular complexity index is 454. The number of rotatable bonds is 2. The molecule has 15 heavy (non-hydrogen) atoms. The fourth-order valence-corrected chi connectivity index (χ4v) is 1.12. The third-order valence-electron chi connectivity index (χ3n) is 1.81. The van der Waals surface area contributed by atoms with Crippen molar-refractivity contribution in [2.24, 2.45) is 0 Å². The summed E-state index contributed by atoms with van der Waals surface area (Å²) in [7, 11) is 0. The molecule has 0 radical (unpaired) electrons. The van der Waals surface area contributed by atoms with Crippen molar-refractivity contribution in [3.63, 3.8) is 0 Å². The molecule has 0 atom stereocenters. The largest absolute Gasteiger partial charge is 0.297 e. The molecule has 0 bridgehead atoms. The summed E-state index contributed by atoms with van der Waals surface area (Å²) in [6.07, 6.45) is -2.33. The Labute approximate surface area is 83.1 Å². The third-order valence-corrected chi connectivity index (χ3v) is 1.81. The molecule has 0 aromatic carbocycles. The first kappa shape index (κ1) is 11.0. The fraction of sp³-hybridized carbons (Fsp3) is 0.250. The molecule has 0 N–H and O–H groups in total. The molecule has 0 saturated carbocycles. The topological polar surface area (TPSA) is 79.8 Å². The molecule has 1 rings (SSSR count). The number of aromatic nitrogens is 1. The summed E-state index contributed by atoms with van der Waals surface area (Å²) >= 11 is 0. The van der Waals surface area contributed by atoms with Gasteiger partial charge in [0.2, 0.25) is 0 Å². The Morgan fingerprint density at radius 1 is 1.67 bits per heavy atom. The molecular weight excluding hydrogens is 208 g/mol. The molecule has 0 unspecified atom stereocenters. The van der Waals surface area contributed by atoms with E-state index in [0.717, 1.165) is 6.20 Å². The lowest BCUT2D eigenvalue weighted by molar-refractivity contribution is -0.386. The van der Waals surface area contributed by atoms with Gasteiger partial charge in [-0.15, -0.1) is 0 Å². The van der Waals surface area contributed by atoms with E-state index in [4.69, 9.17) is 5.26 Å². The van der Waals surface area contributed by atoms with Gasteiger partial charge >= 0.3 is 0 Å². The number of hydrogen-bond donors (Lipinski definition) is 0. The molecular formula is C8H5F2N3O2. The van der Waals surface area contributed by atoms with E-state index in [2.05, 4.69) is 4.98 Å². The van der Waals surface area contributed by atoms with Crippen LogP contribution in [0, 0.1) is 28.4 Å². The highest BCUT2D eigenvalue weighted by Gasteiger charge is 2.27. The average Bonchev–Trinajstić information content (AvgIpc) is 2.16. The summed E-state index contributed by atoms with van der Waals surface area (Å²) in [5.41, 5.74) is -2.07. The smallest absolute Gasteiger partial charge is 0.258 e. The van der Waals surface area contributed by atoms with Crippen LogP contribution >= 0.6 is 0 Å². The molecule has 1 aromatic rings. The molecule has 7 heteroatoms. The van der Waals surface area contributed by atoms with Crippen LogP contribution in [0.4, 0.5) is 14.5 Å². The van der Waals surface area contributed by atoms with Crippen LogP contribution < -0.4 is 0 Å². The second kappa shape index (κ2) is 3.96. The van der Waals surface area contributed by atoms with Crippen LogP contribution in [0.5, 0.6) is 0 Å². The van der Waals surface area contributed by atoms with Crippen LogP contribution in [0.2, 0.25) is 0 Å². The number of halogens is 2. The van der Waals surface area contributed by atoms with Gasteiger partial charge in [-0.05, 0) is 6.92 Å². The van der Waals surface area contributed by atoms with Gasteiger partial charge in [0.15, 0.2) is 0 Å². The molecule has 0 amide bonds. The van der Waals surface area contributed by atoms with Gasteiger partial charge in [0.25, 0.3) is 12.1 Å². The van der Waals surface area contributed by atoms with Crippen LogP contribution in [-0.2, 0) is 0 Å². The second-order valence-corrected chi connectivity index (χ2v) is 2.69. The summed E-state index contributed by atoms with van der Waals surface area (Å²) in [6, 6.07) is 1.49. The Morgan fingerprint density at radius 2 is 2.27 bits per heavy atom. The molecule has 0 fully saturated rings. The van der Waals surface area contributed by atoms with Gasteiger partial charge in [0.1, 0.15) is 17.8 Å². The van der Waals surface area contributed by atoms with Crippen LogP contribution in [0.3, 0.4) is 0 Å². The molecule has 5 nitrogen and oxygen atoms in total. The van der Waals surface area contributed by atoms with Crippen molar-refractivity contribution in [3.05, 3.63) is 33.1 Å². The van der Waals surface area contributed by atoms with Gasteiger partial charge in [-0.1, -0.05) is 0 Å². The molecule has 0 spiro atoms. The quantitative estimate of drug-likeness (QED) is 0.556. The minimum atomic E-state index is -3.07. The zero-order chi connectivity index (χ0) is 11.6. The number of nitro groups is 1. The maximum atomic E-state index is 12.5. The Morgan fingerprint density at radius 3 is 2.67 bits per heavy atom. The minimum absolute atomic E-state index is 0.0541. The lowest BCUT2D eigenvalue weighted by Crippen LogP contribution is -2.03. The van der Waals surface area contributed by atoms with Gasteiger partial charge in [-0.2, -0.15) is 5.26 Å². The third kappa shape index (κ3) is 1.88. The maximum absolute atomic E-state index is 12.5. The van der Waals surface area contributed by atoms with Gasteiger partial charge in [-0.3, -0.25) is 15.1 Å². The number of alkyl halides is 2. The highest BCUT2D eigenvalue weighted by atomic mass is 19.3. The normalized spacial score (nSPS) is 10.1. The van der Waals surface area contributed by atoms with E-state index < -0.39 is 28.2 Å². The first-order valence-electron chi connectivity index (χ1n) is 3.81. The Kier molecular flexibility index (Phi) is 2.90. The number of hydrogen-bond acceptors (Lipinski definition) is 4. The van der Waals surface area contributed by atoms with Gasteiger partial charge in [0, 0.05) is 0 Å². The van der Waals surface area contributed by atoms with E-state index in [0.29, 0.717) is 0 Å². The van der Waals surface area contributed by atoms with Crippen molar-refractivity contribution in [3.8, 4) is 6.07 Å². The first-order chi connectivity index (χ1) is 6.99. The predicted molar refractivity (Wildman–Crippen MR) is 45.3 cm³/mol. The molecule has 0 saturated heterocycles. The first-order valence-corrected chi connectivity index (χ1v) is 3.81.